The first kappa shape index (κ1) is 13.5. The fraction of sp³-hybridized carbons (Fsp3) is 0.154. The van der Waals surface area contributed by atoms with E-state index in [9.17, 15) is 4.79 Å². The van der Waals surface area contributed by atoms with Crippen molar-refractivity contribution in [2.75, 3.05) is 18.5 Å². The highest BCUT2D eigenvalue weighted by Crippen LogP contribution is 2.21. The van der Waals surface area contributed by atoms with Crippen molar-refractivity contribution in [3.63, 3.8) is 0 Å². The Morgan fingerprint density at radius 1 is 1.42 bits per heavy atom. The number of aromatic nitrogens is 2. The summed E-state index contributed by atoms with van der Waals surface area (Å²) in [5.74, 6) is 0.244. The molecule has 0 spiro atoms. The lowest BCUT2D eigenvalue weighted by atomic mass is 10.2. The lowest BCUT2D eigenvalue weighted by Crippen LogP contribution is -2.26. The molecule has 0 aliphatic carbocycles. The molecular weight excluding hydrogens is 310 g/mol. The third-order valence-corrected chi connectivity index (χ3v) is 2.98. The van der Waals surface area contributed by atoms with Gasteiger partial charge in [-0.2, -0.15) is 0 Å². The molecule has 0 atom stereocenters. The van der Waals surface area contributed by atoms with E-state index < -0.39 is 5.97 Å². The molecule has 2 rings (SSSR count). The Balaban J connectivity index is 2.31. The normalized spacial score (nSPS) is 10.2. The summed E-state index contributed by atoms with van der Waals surface area (Å²) in [6.07, 6.45) is 1.62. The first-order valence-corrected chi connectivity index (χ1v) is 6.37. The van der Waals surface area contributed by atoms with Crippen LogP contribution in [0.2, 0.25) is 0 Å². The van der Waals surface area contributed by atoms with E-state index in [2.05, 4.69) is 25.9 Å². The summed E-state index contributed by atoms with van der Waals surface area (Å²) in [6, 6.07) is 9.32. The third kappa shape index (κ3) is 3.51. The Kier molecular flexibility index (Phi) is 4.11. The maximum absolute atomic E-state index is 10.7. The molecule has 2 aromatic rings. The zero-order valence-corrected chi connectivity index (χ0v) is 11.8. The number of carbonyl (C=O) groups is 1. The van der Waals surface area contributed by atoms with E-state index in [1.165, 1.54) is 0 Å². The molecule has 0 fully saturated rings. The second kappa shape index (κ2) is 5.79. The van der Waals surface area contributed by atoms with Crippen LogP contribution in [0.25, 0.3) is 11.4 Å². The standard InChI is InChI=1S/C13H12BrN3O2/c1-17(8-12(18)19)11-5-6-15-13(16-11)9-3-2-4-10(14)7-9/h2-7H,8H2,1H3,(H,18,19). The summed E-state index contributed by atoms with van der Waals surface area (Å²) in [5, 5.41) is 8.78. The van der Waals surface area contributed by atoms with Crippen molar-refractivity contribution >= 4 is 27.7 Å². The SMILES string of the molecule is CN(CC(=O)O)c1ccnc(-c2cccc(Br)c2)n1. The maximum Gasteiger partial charge on any atom is 0.323 e. The Morgan fingerprint density at radius 2 is 2.21 bits per heavy atom. The van der Waals surface area contributed by atoms with Crippen molar-refractivity contribution in [1.29, 1.82) is 0 Å². The predicted octanol–water partition coefficient (Wildman–Crippen LogP) is 2.43. The molecule has 0 radical (unpaired) electrons. The number of likely N-dealkylation sites (N-methyl/N-ethyl adjacent to an activating group) is 1. The molecule has 1 aromatic carbocycles. The average molecular weight is 322 g/mol. The van der Waals surface area contributed by atoms with E-state index in [0.29, 0.717) is 11.6 Å². The Bertz CT molecular complexity index is 604. The number of anilines is 1. The van der Waals surface area contributed by atoms with Gasteiger partial charge in [-0.15, -0.1) is 0 Å². The zero-order valence-electron chi connectivity index (χ0n) is 10.2. The van der Waals surface area contributed by atoms with Gasteiger partial charge in [0.1, 0.15) is 12.4 Å². The molecule has 1 aromatic heterocycles. The van der Waals surface area contributed by atoms with Gasteiger partial charge in [0.2, 0.25) is 0 Å². The quantitative estimate of drug-likeness (QED) is 0.936. The Hall–Kier alpha value is -1.95. The zero-order chi connectivity index (χ0) is 13.8. The molecule has 0 unspecified atom stereocenters. The number of nitrogens with zero attached hydrogens (tertiary/aromatic N) is 3. The van der Waals surface area contributed by atoms with E-state index in [-0.39, 0.29) is 6.54 Å². The highest BCUT2D eigenvalue weighted by Gasteiger charge is 2.09. The first-order chi connectivity index (χ1) is 9.06. The number of hydrogen-bond donors (Lipinski definition) is 1. The number of carboxylic acid groups (broad SMARTS) is 1. The van der Waals surface area contributed by atoms with E-state index >= 15 is 0 Å². The monoisotopic (exact) mass is 321 g/mol. The van der Waals surface area contributed by atoms with Gasteiger partial charge in [0.05, 0.1) is 0 Å². The van der Waals surface area contributed by atoms with Crippen LogP contribution in [0.4, 0.5) is 5.82 Å². The molecule has 0 saturated carbocycles. The molecule has 0 amide bonds. The van der Waals surface area contributed by atoms with Crippen LogP contribution < -0.4 is 4.90 Å². The second-order valence-corrected chi connectivity index (χ2v) is 4.91. The van der Waals surface area contributed by atoms with Crippen LogP contribution in [0, 0.1) is 0 Å². The molecule has 19 heavy (non-hydrogen) atoms. The highest BCUT2D eigenvalue weighted by atomic mass is 79.9. The Morgan fingerprint density at radius 3 is 2.89 bits per heavy atom. The molecule has 5 nitrogen and oxygen atoms in total. The molecule has 0 bridgehead atoms. The lowest BCUT2D eigenvalue weighted by molar-refractivity contribution is -0.135. The van der Waals surface area contributed by atoms with Crippen LogP contribution in [0.1, 0.15) is 0 Å². The van der Waals surface area contributed by atoms with Crippen LogP contribution >= 0.6 is 15.9 Å². The topological polar surface area (TPSA) is 66.3 Å². The molecule has 1 N–H and O–H groups in total. The molecule has 6 heteroatoms. The summed E-state index contributed by atoms with van der Waals surface area (Å²) < 4.78 is 0.942. The molecule has 0 saturated heterocycles. The van der Waals surface area contributed by atoms with Gasteiger partial charge < -0.3 is 10.0 Å². The van der Waals surface area contributed by atoms with E-state index in [4.69, 9.17) is 5.11 Å². The highest BCUT2D eigenvalue weighted by molar-refractivity contribution is 9.10. The molecule has 1 heterocycles. The van der Waals surface area contributed by atoms with Gasteiger partial charge in [0.25, 0.3) is 0 Å². The largest absolute Gasteiger partial charge is 0.480 e. The molecule has 98 valence electrons. The van der Waals surface area contributed by atoms with Crippen molar-refractivity contribution in [3.8, 4) is 11.4 Å². The van der Waals surface area contributed by atoms with Gasteiger partial charge in [0.15, 0.2) is 5.82 Å². The number of hydrogen-bond acceptors (Lipinski definition) is 4. The Labute approximate surface area is 119 Å². The van der Waals surface area contributed by atoms with Crippen molar-refractivity contribution in [1.82, 2.24) is 9.97 Å². The van der Waals surface area contributed by atoms with Crippen molar-refractivity contribution < 1.29 is 9.90 Å². The average Bonchev–Trinajstić information content (AvgIpc) is 2.38. The van der Waals surface area contributed by atoms with Crippen molar-refractivity contribution in [3.05, 3.63) is 41.0 Å². The van der Waals surface area contributed by atoms with Crippen LogP contribution in [0.15, 0.2) is 41.0 Å². The minimum atomic E-state index is -0.898. The van der Waals surface area contributed by atoms with Crippen molar-refractivity contribution in [2.45, 2.75) is 0 Å². The first-order valence-electron chi connectivity index (χ1n) is 5.58. The van der Waals surface area contributed by atoms with Gasteiger partial charge in [0, 0.05) is 23.3 Å². The van der Waals surface area contributed by atoms with Crippen LogP contribution in [-0.4, -0.2) is 34.6 Å². The van der Waals surface area contributed by atoms with Gasteiger partial charge in [-0.05, 0) is 18.2 Å². The third-order valence-electron chi connectivity index (χ3n) is 2.49. The van der Waals surface area contributed by atoms with Crippen LogP contribution in [0.3, 0.4) is 0 Å². The minimum absolute atomic E-state index is 0.102. The maximum atomic E-state index is 10.7. The van der Waals surface area contributed by atoms with Gasteiger partial charge >= 0.3 is 5.97 Å². The predicted molar refractivity (Wildman–Crippen MR) is 76.1 cm³/mol. The van der Waals surface area contributed by atoms with E-state index in [1.54, 1.807) is 24.2 Å². The van der Waals surface area contributed by atoms with Crippen molar-refractivity contribution in [2.24, 2.45) is 0 Å². The molecule has 0 aliphatic rings. The smallest absolute Gasteiger partial charge is 0.323 e. The summed E-state index contributed by atoms with van der Waals surface area (Å²) in [6.45, 7) is -0.102. The van der Waals surface area contributed by atoms with E-state index in [0.717, 1.165) is 10.0 Å². The van der Waals surface area contributed by atoms with E-state index in [1.807, 2.05) is 24.3 Å². The summed E-state index contributed by atoms with van der Waals surface area (Å²) in [4.78, 5) is 20.8. The summed E-state index contributed by atoms with van der Waals surface area (Å²) in [5.41, 5.74) is 0.875. The lowest BCUT2D eigenvalue weighted by Gasteiger charge is -2.15. The van der Waals surface area contributed by atoms with Crippen LogP contribution in [-0.2, 0) is 4.79 Å². The number of halogens is 1. The molecule has 0 aliphatic heterocycles. The summed E-state index contributed by atoms with van der Waals surface area (Å²) >= 11 is 3.40. The van der Waals surface area contributed by atoms with Gasteiger partial charge in [-0.3, -0.25) is 4.79 Å². The minimum Gasteiger partial charge on any atom is -0.480 e. The fourth-order valence-corrected chi connectivity index (χ4v) is 2.01. The number of rotatable bonds is 4. The molecular formula is C13H12BrN3O2. The number of carboxylic acids is 1. The number of benzene rings is 1. The van der Waals surface area contributed by atoms with Gasteiger partial charge in [-0.1, -0.05) is 28.1 Å². The van der Waals surface area contributed by atoms with Crippen LogP contribution in [0.5, 0.6) is 0 Å². The number of aliphatic carboxylic acids is 1. The second-order valence-electron chi connectivity index (χ2n) is 4.00. The summed E-state index contributed by atoms with van der Waals surface area (Å²) in [7, 11) is 1.68. The fourth-order valence-electron chi connectivity index (χ4n) is 1.61. The van der Waals surface area contributed by atoms with Gasteiger partial charge in [-0.25, -0.2) is 9.97 Å².